The number of rotatable bonds is 7. The van der Waals surface area contributed by atoms with Gasteiger partial charge in [-0.15, -0.1) is 6.58 Å². The van der Waals surface area contributed by atoms with Gasteiger partial charge in [0.2, 0.25) is 5.91 Å². The molecule has 4 heteroatoms. The maximum absolute atomic E-state index is 11.7. The third-order valence-electron chi connectivity index (χ3n) is 2.67. The SMILES string of the molecule is C=C(C)C[C@H](NC(=O)CCc1ccccc1)C(=O)O. The highest BCUT2D eigenvalue weighted by Gasteiger charge is 2.19. The van der Waals surface area contributed by atoms with Crippen molar-refractivity contribution in [1.82, 2.24) is 5.32 Å². The summed E-state index contributed by atoms with van der Waals surface area (Å²) < 4.78 is 0. The number of aryl methyl sites for hydroxylation is 1. The van der Waals surface area contributed by atoms with Gasteiger partial charge in [-0.05, 0) is 25.3 Å². The number of amides is 1. The maximum atomic E-state index is 11.7. The number of carboxylic acids is 1. The number of nitrogens with one attached hydrogen (secondary N) is 1. The molecule has 1 aromatic carbocycles. The molecule has 0 heterocycles. The van der Waals surface area contributed by atoms with E-state index < -0.39 is 12.0 Å². The molecule has 0 radical (unpaired) electrons. The van der Waals surface area contributed by atoms with Crippen LogP contribution in [0.3, 0.4) is 0 Å². The molecule has 0 bridgehead atoms. The molecule has 102 valence electrons. The zero-order valence-electron chi connectivity index (χ0n) is 11.1. The van der Waals surface area contributed by atoms with Crippen LogP contribution in [-0.4, -0.2) is 23.0 Å². The molecule has 1 amide bonds. The summed E-state index contributed by atoms with van der Waals surface area (Å²) in [7, 11) is 0. The van der Waals surface area contributed by atoms with E-state index >= 15 is 0 Å². The van der Waals surface area contributed by atoms with Crippen molar-refractivity contribution in [1.29, 1.82) is 0 Å². The van der Waals surface area contributed by atoms with Crippen LogP contribution in [0, 0.1) is 0 Å². The number of hydrogen-bond donors (Lipinski definition) is 2. The average molecular weight is 261 g/mol. The van der Waals surface area contributed by atoms with Gasteiger partial charge in [0.05, 0.1) is 0 Å². The van der Waals surface area contributed by atoms with Crippen molar-refractivity contribution in [2.75, 3.05) is 0 Å². The highest BCUT2D eigenvalue weighted by molar-refractivity contribution is 5.83. The molecule has 0 spiro atoms. The predicted octanol–water partition coefficient (Wildman–Crippen LogP) is 2.15. The Morgan fingerprint density at radius 3 is 2.47 bits per heavy atom. The Balaban J connectivity index is 2.45. The quantitative estimate of drug-likeness (QED) is 0.739. The van der Waals surface area contributed by atoms with E-state index in [-0.39, 0.29) is 18.7 Å². The van der Waals surface area contributed by atoms with Gasteiger partial charge in [-0.25, -0.2) is 4.79 Å². The van der Waals surface area contributed by atoms with Crippen LogP contribution in [0.1, 0.15) is 25.3 Å². The lowest BCUT2D eigenvalue weighted by Crippen LogP contribution is -2.40. The summed E-state index contributed by atoms with van der Waals surface area (Å²) >= 11 is 0. The summed E-state index contributed by atoms with van der Waals surface area (Å²) in [6, 6.07) is 8.73. The second-order valence-corrected chi connectivity index (χ2v) is 4.61. The summed E-state index contributed by atoms with van der Waals surface area (Å²) in [5.74, 6) is -1.28. The summed E-state index contributed by atoms with van der Waals surface area (Å²) in [4.78, 5) is 22.7. The summed E-state index contributed by atoms with van der Waals surface area (Å²) in [5.41, 5.74) is 1.79. The molecule has 0 unspecified atom stereocenters. The highest BCUT2D eigenvalue weighted by Crippen LogP contribution is 2.05. The smallest absolute Gasteiger partial charge is 0.326 e. The molecule has 0 saturated carbocycles. The van der Waals surface area contributed by atoms with E-state index in [0.29, 0.717) is 6.42 Å². The average Bonchev–Trinajstić information content (AvgIpc) is 2.36. The molecule has 1 aromatic rings. The van der Waals surface area contributed by atoms with E-state index in [1.807, 2.05) is 30.3 Å². The summed E-state index contributed by atoms with van der Waals surface area (Å²) in [6.45, 7) is 5.41. The number of carbonyl (C=O) groups is 2. The van der Waals surface area contributed by atoms with Gasteiger partial charge >= 0.3 is 5.97 Å². The summed E-state index contributed by atoms with van der Waals surface area (Å²) in [5, 5.41) is 11.5. The zero-order valence-corrected chi connectivity index (χ0v) is 11.1. The Morgan fingerprint density at radius 2 is 1.95 bits per heavy atom. The molecular formula is C15H19NO3. The van der Waals surface area contributed by atoms with E-state index in [1.165, 1.54) is 0 Å². The van der Waals surface area contributed by atoms with E-state index in [2.05, 4.69) is 11.9 Å². The second kappa shape index (κ2) is 7.36. The van der Waals surface area contributed by atoms with E-state index in [0.717, 1.165) is 11.1 Å². The lowest BCUT2D eigenvalue weighted by molar-refractivity contribution is -0.141. The zero-order chi connectivity index (χ0) is 14.3. The minimum absolute atomic E-state index is 0.252. The Bertz CT molecular complexity index is 454. The van der Waals surface area contributed by atoms with Gasteiger partial charge in [-0.3, -0.25) is 4.79 Å². The largest absolute Gasteiger partial charge is 0.480 e. The Kier molecular flexibility index (Phi) is 5.79. The second-order valence-electron chi connectivity index (χ2n) is 4.61. The van der Waals surface area contributed by atoms with Crippen molar-refractivity contribution in [2.24, 2.45) is 0 Å². The maximum Gasteiger partial charge on any atom is 0.326 e. The normalized spacial score (nSPS) is 11.6. The first kappa shape index (κ1) is 15.0. The van der Waals surface area contributed by atoms with Gasteiger partial charge in [0.25, 0.3) is 0 Å². The first-order valence-electron chi connectivity index (χ1n) is 6.19. The van der Waals surface area contributed by atoms with Crippen LogP contribution in [0.4, 0.5) is 0 Å². The van der Waals surface area contributed by atoms with Gasteiger partial charge in [-0.2, -0.15) is 0 Å². The summed E-state index contributed by atoms with van der Waals surface area (Å²) in [6.07, 6.45) is 1.14. The Morgan fingerprint density at radius 1 is 1.32 bits per heavy atom. The van der Waals surface area contributed by atoms with Crippen molar-refractivity contribution in [3.05, 3.63) is 48.0 Å². The van der Waals surface area contributed by atoms with Crippen molar-refractivity contribution in [2.45, 2.75) is 32.2 Å². The molecule has 2 N–H and O–H groups in total. The third-order valence-corrected chi connectivity index (χ3v) is 2.67. The van der Waals surface area contributed by atoms with E-state index in [9.17, 15) is 9.59 Å². The molecule has 0 fully saturated rings. The first-order chi connectivity index (χ1) is 8.99. The van der Waals surface area contributed by atoms with Crippen molar-refractivity contribution >= 4 is 11.9 Å². The van der Waals surface area contributed by atoms with Gasteiger partial charge in [0, 0.05) is 6.42 Å². The van der Waals surface area contributed by atoms with Crippen LogP contribution in [0.5, 0.6) is 0 Å². The van der Waals surface area contributed by atoms with Crippen molar-refractivity contribution in [3.63, 3.8) is 0 Å². The van der Waals surface area contributed by atoms with Gasteiger partial charge in [0.1, 0.15) is 6.04 Å². The molecule has 0 aliphatic carbocycles. The van der Waals surface area contributed by atoms with Crippen LogP contribution in [0.25, 0.3) is 0 Å². The van der Waals surface area contributed by atoms with E-state index in [4.69, 9.17) is 5.11 Å². The Labute approximate surface area is 113 Å². The minimum atomic E-state index is -1.03. The van der Waals surface area contributed by atoms with E-state index in [1.54, 1.807) is 6.92 Å². The molecular weight excluding hydrogens is 242 g/mol. The van der Waals surface area contributed by atoms with Crippen LogP contribution in [0.15, 0.2) is 42.5 Å². The fourth-order valence-electron chi connectivity index (χ4n) is 1.72. The Hall–Kier alpha value is -2.10. The fourth-order valence-corrected chi connectivity index (χ4v) is 1.72. The lowest BCUT2D eigenvalue weighted by Gasteiger charge is -2.14. The number of carbonyl (C=O) groups excluding carboxylic acids is 1. The van der Waals surface area contributed by atoms with Gasteiger partial charge < -0.3 is 10.4 Å². The molecule has 0 saturated heterocycles. The highest BCUT2D eigenvalue weighted by atomic mass is 16.4. The monoisotopic (exact) mass is 261 g/mol. The number of benzene rings is 1. The van der Waals surface area contributed by atoms with Crippen molar-refractivity contribution < 1.29 is 14.7 Å². The molecule has 1 atom stereocenters. The molecule has 0 aromatic heterocycles. The van der Waals surface area contributed by atoms with Crippen LogP contribution in [-0.2, 0) is 16.0 Å². The van der Waals surface area contributed by atoms with Gasteiger partial charge in [0.15, 0.2) is 0 Å². The standard InChI is InChI=1S/C15H19NO3/c1-11(2)10-13(15(18)19)16-14(17)9-8-12-6-4-3-5-7-12/h3-7,13H,1,8-10H2,2H3,(H,16,17)(H,18,19)/t13-/m0/s1. The molecule has 4 nitrogen and oxygen atoms in total. The molecule has 1 rings (SSSR count). The molecule has 0 aliphatic heterocycles. The third kappa shape index (κ3) is 5.86. The van der Waals surface area contributed by atoms with Crippen LogP contribution >= 0.6 is 0 Å². The minimum Gasteiger partial charge on any atom is -0.480 e. The molecule has 19 heavy (non-hydrogen) atoms. The lowest BCUT2D eigenvalue weighted by atomic mass is 10.1. The van der Waals surface area contributed by atoms with Crippen LogP contribution < -0.4 is 5.32 Å². The van der Waals surface area contributed by atoms with Gasteiger partial charge in [-0.1, -0.05) is 35.9 Å². The first-order valence-corrected chi connectivity index (χ1v) is 6.19. The van der Waals surface area contributed by atoms with Crippen LogP contribution in [0.2, 0.25) is 0 Å². The number of carboxylic acid groups (broad SMARTS) is 1. The topological polar surface area (TPSA) is 66.4 Å². The number of hydrogen-bond acceptors (Lipinski definition) is 2. The molecule has 0 aliphatic rings. The number of aliphatic carboxylic acids is 1. The fraction of sp³-hybridized carbons (Fsp3) is 0.333. The van der Waals surface area contributed by atoms with Crippen molar-refractivity contribution in [3.8, 4) is 0 Å². The predicted molar refractivity (Wildman–Crippen MR) is 73.8 cm³/mol.